The van der Waals surface area contributed by atoms with Gasteiger partial charge in [-0.3, -0.25) is 14.5 Å². The lowest BCUT2D eigenvalue weighted by molar-refractivity contribution is -0.143. The highest BCUT2D eigenvalue weighted by molar-refractivity contribution is 5.78. The van der Waals surface area contributed by atoms with Crippen molar-refractivity contribution in [1.82, 2.24) is 10.2 Å². The third-order valence-corrected chi connectivity index (χ3v) is 2.58. The minimum absolute atomic E-state index is 0.000146. The zero-order valence-electron chi connectivity index (χ0n) is 12.4. The number of rotatable bonds is 12. The summed E-state index contributed by atoms with van der Waals surface area (Å²) in [5.74, 6) is -0.373. The lowest BCUT2D eigenvalue weighted by Crippen LogP contribution is -2.40. The fourth-order valence-electron chi connectivity index (χ4n) is 1.58. The lowest BCUT2D eigenvalue weighted by Gasteiger charge is -2.20. The second-order valence-corrected chi connectivity index (χ2v) is 4.25. The number of hydrogen-bond acceptors (Lipinski definition) is 6. The number of methoxy groups -OCH3 is 1. The molecule has 0 aromatic carbocycles. The number of aliphatic hydroxyl groups excluding tert-OH is 1. The number of carbonyl (C=O) groups is 2. The monoisotopic (exact) mass is 290 g/mol. The van der Waals surface area contributed by atoms with Gasteiger partial charge in [-0.2, -0.15) is 0 Å². The fourth-order valence-corrected chi connectivity index (χ4v) is 1.58. The van der Waals surface area contributed by atoms with E-state index in [2.05, 4.69) is 5.32 Å². The molecule has 0 saturated carbocycles. The summed E-state index contributed by atoms with van der Waals surface area (Å²) in [6, 6.07) is 0. The summed E-state index contributed by atoms with van der Waals surface area (Å²) in [5.41, 5.74) is 0. The Labute approximate surface area is 120 Å². The second-order valence-electron chi connectivity index (χ2n) is 4.25. The zero-order chi connectivity index (χ0) is 15.2. The van der Waals surface area contributed by atoms with Crippen molar-refractivity contribution in [3.05, 3.63) is 0 Å². The van der Waals surface area contributed by atoms with Crippen molar-refractivity contribution < 1.29 is 24.2 Å². The van der Waals surface area contributed by atoms with Gasteiger partial charge in [-0.1, -0.05) is 0 Å². The number of nitrogens with one attached hydrogen (secondary N) is 1. The van der Waals surface area contributed by atoms with Gasteiger partial charge in [0.05, 0.1) is 26.4 Å². The SMILES string of the molecule is CCOC(=O)CCCNC(=O)CN(CCO)CCOC. The van der Waals surface area contributed by atoms with E-state index < -0.39 is 0 Å². The normalized spacial score (nSPS) is 10.6. The van der Waals surface area contributed by atoms with Crippen LogP contribution in [0.25, 0.3) is 0 Å². The Morgan fingerprint density at radius 3 is 2.65 bits per heavy atom. The van der Waals surface area contributed by atoms with Crippen LogP contribution in [0.15, 0.2) is 0 Å². The van der Waals surface area contributed by atoms with Crippen molar-refractivity contribution in [2.45, 2.75) is 19.8 Å². The van der Waals surface area contributed by atoms with Gasteiger partial charge in [0, 0.05) is 33.2 Å². The first kappa shape index (κ1) is 18.8. The van der Waals surface area contributed by atoms with Gasteiger partial charge in [-0.05, 0) is 13.3 Å². The molecule has 0 saturated heterocycles. The highest BCUT2D eigenvalue weighted by Gasteiger charge is 2.10. The molecule has 7 heteroatoms. The summed E-state index contributed by atoms with van der Waals surface area (Å²) >= 11 is 0. The molecule has 0 unspecified atom stereocenters. The minimum atomic E-state index is -0.247. The first-order valence-electron chi connectivity index (χ1n) is 6.88. The van der Waals surface area contributed by atoms with Crippen molar-refractivity contribution in [3.8, 4) is 0 Å². The van der Waals surface area contributed by atoms with Gasteiger partial charge in [0.2, 0.25) is 5.91 Å². The van der Waals surface area contributed by atoms with Crippen LogP contribution in [0.2, 0.25) is 0 Å². The van der Waals surface area contributed by atoms with Crippen LogP contribution in [0.5, 0.6) is 0 Å². The number of hydrogen-bond donors (Lipinski definition) is 2. The summed E-state index contributed by atoms with van der Waals surface area (Å²) in [6.45, 7) is 4.32. The average molecular weight is 290 g/mol. The number of ether oxygens (including phenoxy) is 2. The van der Waals surface area contributed by atoms with Gasteiger partial charge in [0.15, 0.2) is 0 Å². The van der Waals surface area contributed by atoms with Crippen molar-refractivity contribution in [2.24, 2.45) is 0 Å². The zero-order valence-corrected chi connectivity index (χ0v) is 12.4. The van der Waals surface area contributed by atoms with E-state index in [0.29, 0.717) is 45.7 Å². The van der Waals surface area contributed by atoms with E-state index in [-0.39, 0.29) is 25.0 Å². The van der Waals surface area contributed by atoms with E-state index >= 15 is 0 Å². The molecule has 0 aliphatic carbocycles. The van der Waals surface area contributed by atoms with E-state index in [4.69, 9.17) is 14.6 Å². The molecular weight excluding hydrogens is 264 g/mol. The van der Waals surface area contributed by atoms with Crippen molar-refractivity contribution in [3.63, 3.8) is 0 Å². The topological polar surface area (TPSA) is 88.1 Å². The molecule has 0 atom stereocenters. The highest BCUT2D eigenvalue weighted by Crippen LogP contribution is 1.92. The largest absolute Gasteiger partial charge is 0.466 e. The number of esters is 1. The first-order valence-corrected chi connectivity index (χ1v) is 6.88. The molecule has 7 nitrogen and oxygen atoms in total. The van der Waals surface area contributed by atoms with Crippen LogP contribution >= 0.6 is 0 Å². The predicted molar refractivity (Wildman–Crippen MR) is 74.3 cm³/mol. The van der Waals surface area contributed by atoms with E-state index in [1.165, 1.54) is 0 Å². The molecule has 0 rings (SSSR count). The Kier molecular flexibility index (Phi) is 12.1. The average Bonchev–Trinajstić information content (AvgIpc) is 2.41. The maximum absolute atomic E-state index is 11.7. The molecule has 0 aromatic heterocycles. The van der Waals surface area contributed by atoms with Crippen molar-refractivity contribution in [2.75, 3.05) is 53.1 Å². The van der Waals surface area contributed by atoms with Crippen LogP contribution in [0.3, 0.4) is 0 Å². The molecule has 118 valence electrons. The lowest BCUT2D eigenvalue weighted by atomic mass is 10.3. The highest BCUT2D eigenvalue weighted by atomic mass is 16.5. The quantitative estimate of drug-likeness (QED) is 0.368. The van der Waals surface area contributed by atoms with Crippen LogP contribution in [0.1, 0.15) is 19.8 Å². The van der Waals surface area contributed by atoms with Crippen LogP contribution in [-0.4, -0.2) is 75.0 Å². The summed E-state index contributed by atoms with van der Waals surface area (Å²) < 4.78 is 9.73. The standard InChI is InChI=1S/C13H26N2O5/c1-3-20-13(18)5-4-6-14-12(17)11-15(7-9-16)8-10-19-2/h16H,3-11H2,1-2H3,(H,14,17). The van der Waals surface area contributed by atoms with Crippen molar-refractivity contribution in [1.29, 1.82) is 0 Å². The molecule has 0 spiro atoms. The van der Waals surface area contributed by atoms with E-state index in [1.54, 1.807) is 14.0 Å². The molecule has 2 N–H and O–H groups in total. The van der Waals surface area contributed by atoms with Crippen molar-refractivity contribution >= 4 is 11.9 Å². The van der Waals surface area contributed by atoms with Gasteiger partial charge < -0.3 is 19.9 Å². The summed E-state index contributed by atoms with van der Waals surface area (Å²) in [7, 11) is 1.59. The third kappa shape index (κ3) is 10.7. The third-order valence-electron chi connectivity index (χ3n) is 2.58. The summed E-state index contributed by atoms with van der Waals surface area (Å²) in [5, 5.41) is 11.6. The Bertz CT molecular complexity index is 273. The summed E-state index contributed by atoms with van der Waals surface area (Å²) in [4.78, 5) is 24.6. The van der Waals surface area contributed by atoms with E-state index in [1.807, 2.05) is 4.90 Å². The second kappa shape index (κ2) is 12.8. The smallest absolute Gasteiger partial charge is 0.305 e. The number of amides is 1. The number of nitrogens with zero attached hydrogens (tertiary/aromatic N) is 1. The Morgan fingerprint density at radius 1 is 1.30 bits per heavy atom. The molecule has 0 aromatic rings. The molecule has 0 fully saturated rings. The predicted octanol–water partition coefficient (Wildman–Crippen LogP) is -0.613. The van der Waals surface area contributed by atoms with Gasteiger partial charge >= 0.3 is 5.97 Å². The molecule has 0 bridgehead atoms. The number of aliphatic hydroxyl groups is 1. The van der Waals surface area contributed by atoms with Gasteiger partial charge in [-0.15, -0.1) is 0 Å². The molecule has 0 radical (unpaired) electrons. The van der Waals surface area contributed by atoms with Gasteiger partial charge in [-0.25, -0.2) is 0 Å². The van der Waals surface area contributed by atoms with Crippen LogP contribution < -0.4 is 5.32 Å². The Balaban J connectivity index is 3.75. The first-order chi connectivity index (χ1) is 9.63. The molecule has 1 amide bonds. The molecule has 0 heterocycles. The maximum Gasteiger partial charge on any atom is 0.305 e. The number of carbonyl (C=O) groups excluding carboxylic acids is 2. The Morgan fingerprint density at radius 2 is 2.05 bits per heavy atom. The molecular formula is C13H26N2O5. The summed E-state index contributed by atoms with van der Waals surface area (Å²) in [6.07, 6.45) is 0.862. The van der Waals surface area contributed by atoms with Crippen LogP contribution in [-0.2, 0) is 19.1 Å². The minimum Gasteiger partial charge on any atom is -0.466 e. The molecule has 0 aliphatic rings. The fraction of sp³-hybridized carbons (Fsp3) is 0.846. The maximum atomic E-state index is 11.7. The van der Waals surface area contributed by atoms with E-state index in [0.717, 1.165) is 0 Å². The van der Waals surface area contributed by atoms with Gasteiger partial charge in [0.25, 0.3) is 0 Å². The molecule has 20 heavy (non-hydrogen) atoms. The Hall–Kier alpha value is -1.18. The molecule has 0 aliphatic heterocycles. The van der Waals surface area contributed by atoms with Crippen LogP contribution in [0, 0.1) is 0 Å². The van der Waals surface area contributed by atoms with Crippen LogP contribution in [0.4, 0.5) is 0 Å². The van der Waals surface area contributed by atoms with E-state index in [9.17, 15) is 9.59 Å². The van der Waals surface area contributed by atoms with Gasteiger partial charge in [0.1, 0.15) is 0 Å².